The molecule has 0 radical (unpaired) electrons. The van der Waals surface area contributed by atoms with Crippen LogP contribution in [0.3, 0.4) is 0 Å². The van der Waals surface area contributed by atoms with Crippen molar-refractivity contribution in [2.24, 2.45) is 11.7 Å². The topological polar surface area (TPSA) is 72.2 Å². The van der Waals surface area contributed by atoms with Gasteiger partial charge in [-0.2, -0.15) is 0 Å². The third kappa shape index (κ3) is 4.37. The highest BCUT2D eigenvalue weighted by molar-refractivity contribution is 5.84. The lowest BCUT2D eigenvalue weighted by Gasteiger charge is -2.18. The average molecular weight is 200 g/mol. The highest BCUT2D eigenvalue weighted by Gasteiger charge is 2.19. The Balaban J connectivity index is 4.08. The number of hydrogen-bond donors (Lipinski definition) is 2. The molecule has 82 valence electrons. The van der Waals surface area contributed by atoms with Gasteiger partial charge in [0.1, 0.15) is 6.29 Å². The van der Waals surface area contributed by atoms with Gasteiger partial charge in [-0.3, -0.25) is 4.79 Å². The van der Waals surface area contributed by atoms with Gasteiger partial charge in [0.05, 0.1) is 12.1 Å². The van der Waals surface area contributed by atoms with Crippen LogP contribution in [0.25, 0.3) is 0 Å². The Morgan fingerprint density at radius 3 is 2.43 bits per heavy atom. The molecule has 0 aromatic carbocycles. The van der Waals surface area contributed by atoms with Crippen LogP contribution in [-0.2, 0) is 9.59 Å². The molecule has 3 N–H and O–H groups in total. The van der Waals surface area contributed by atoms with Gasteiger partial charge in [0.2, 0.25) is 5.91 Å². The van der Waals surface area contributed by atoms with Crippen LogP contribution in [-0.4, -0.2) is 24.3 Å². The van der Waals surface area contributed by atoms with E-state index in [1.807, 2.05) is 20.8 Å². The van der Waals surface area contributed by atoms with E-state index in [2.05, 4.69) is 5.32 Å². The Labute approximate surface area is 85.2 Å². The minimum Gasteiger partial charge on any atom is -0.345 e. The van der Waals surface area contributed by atoms with Crippen LogP contribution in [0.2, 0.25) is 0 Å². The first-order chi connectivity index (χ1) is 6.52. The second kappa shape index (κ2) is 6.54. The lowest BCUT2D eigenvalue weighted by atomic mass is 10.0. The zero-order chi connectivity index (χ0) is 11.1. The lowest BCUT2D eigenvalue weighted by Crippen LogP contribution is -2.48. The van der Waals surface area contributed by atoms with Gasteiger partial charge in [-0.25, -0.2) is 0 Å². The lowest BCUT2D eigenvalue weighted by molar-refractivity contribution is -0.126. The molecule has 0 spiro atoms. The summed E-state index contributed by atoms with van der Waals surface area (Å²) in [4.78, 5) is 22.0. The summed E-state index contributed by atoms with van der Waals surface area (Å²) < 4.78 is 0. The number of nitrogens with two attached hydrogens (primary N) is 1. The number of carbonyl (C=O) groups is 2. The second-order valence-corrected chi connectivity index (χ2v) is 3.81. The predicted octanol–water partition coefficient (Wildman–Crippen LogP) is 0.454. The summed E-state index contributed by atoms with van der Waals surface area (Å²) in [5.74, 6) is -0.158. The molecule has 0 rings (SSSR count). The van der Waals surface area contributed by atoms with Crippen molar-refractivity contribution in [2.75, 3.05) is 0 Å². The molecule has 14 heavy (non-hydrogen) atoms. The monoisotopic (exact) mass is 200 g/mol. The Morgan fingerprint density at radius 2 is 2.07 bits per heavy atom. The molecule has 1 amide bonds. The molecule has 0 heterocycles. The van der Waals surface area contributed by atoms with E-state index in [1.165, 1.54) is 0 Å². The van der Waals surface area contributed by atoms with Gasteiger partial charge >= 0.3 is 0 Å². The first-order valence-electron chi connectivity index (χ1n) is 5.04. The summed E-state index contributed by atoms with van der Waals surface area (Å²) >= 11 is 0. The van der Waals surface area contributed by atoms with Crippen molar-refractivity contribution in [3.63, 3.8) is 0 Å². The zero-order valence-electron chi connectivity index (χ0n) is 9.12. The maximum absolute atomic E-state index is 11.4. The van der Waals surface area contributed by atoms with Gasteiger partial charge in [0.25, 0.3) is 0 Å². The van der Waals surface area contributed by atoms with Gasteiger partial charge in [0.15, 0.2) is 0 Å². The zero-order valence-corrected chi connectivity index (χ0v) is 9.12. The first kappa shape index (κ1) is 13.1. The fourth-order valence-corrected chi connectivity index (χ4v) is 1.07. The molecule has 4 nitrogen and oxygen atoms in total. The van der Waals surface area contributed by atoms with E-state index in [4.69, 9.17) is 5.73 Å². The Hall–Kier alpha value is -0.900. The normalized spacial score (nSPS) is 14.9. The number of hydrogen-bond acceptors (Lipinski definition) is 3. The molecule has 0 bridgehead atoms. The molecule has 0 fully saturated rings. The van der Waals surface area contributed by atoms with Gasteiger partial charge in [-0.1, -0.05) is 27.2 Å². The summed E-state index contributed by atoms with van der Waals surface area (Å²) in [6, 6.07) is -0.924. The minimum absolute atomic E-state index is 0.0870. The van der Waals surface area contributed by atoms with E-state index < -0.39 is 12.1 Å². The third-order valence-corrected chi connectivity index (χ3v) is 2.11. The molecule has 0 unspecified atom stereocenters. The average Bonchev–Trinajstić information content (AvgIpc) is 2.15. The van der Waals surface area contributed by atoms with Crippen molar-refractivity contribution in [1.82, 2.24) is 5.32 Å². The third-order valence-electron chi connectivity index (χ3n) is 2.11. The van der Waals surface area contributed by atoms with E-state index in [0.717, 1.165) is 12.7 Å². The maximum Gasteiger partial charge on any atom is 0.237 e. The van der Waals surface area contributed by atoms with Crippen LogP contribution in [0.4, 0.5) is 0 Å². The van der Waals surface area contributed by atoms with E-state index in [-0.39, 0.29) is 11.8 Å². The summed E-state index contributed by atoms with van der Waals surface area (Å²) in [6.07, 6.45) is 2.29. The molecule has 0 aromatic rings. The fraction of sp³-hybridized carbons (Fsp3) is 0.800. The van der Waals surface area contributed by atoms with Crippen molar-refractivity contribution >= 4 is 12.2 Å². The Bertz CT molecular complexity index is 193. The SMILES string of the molecule is CCC[C@@H](C=O)NC(=O)[C@@H](N)C(C)C. The highest BCUT2D eigenvalue weighted by Crippen LogP contribution is 2.00. The van der Waals surface area contributed by atoms with E-state index in [0.29, 0.717) is 6.42 Å². The first-order valence-corrected chi connectivity index (χ1v) is 5.04. The molecule has 0 aromatic heterocycles. The molecular weight excluding hydrogens is 180 g/mol. The van der Waals surface area contributed by atoms with E-state index >= 15 is 0 Å². The van der Waals surface area contributed by atoms with Crippen LogP contribution < -0.4 is 11.1 Å². The molecule has 0 aliphatic rings. The largest absolute Gasteiger partial charge is 0.345 e. The maximum atomic E-state index is 11.4. The van der Waals surface area contributed by atoms with Crippen molar-refractivity contribution in [2.45, 2.75) is 45.7 Å². The number of amides is 1. The molecule has 0 aliphatic carbocycles. The van der Waals surface area contributed by atoms with Gasteiger partial charge in [-0.05, 0) is 12.3 Å². The number of nitrogens with one attached hydrogen (secondary N) is 1. The van der Waals surface area contributed by atoms with E-state index in [1.54, 1.807) is 0 Å². The quantitative estimate of drug-likeness (QED) is 0.612. The molecule has 2 atom stereocenters. The molecular formula is C10H20N2O2. The summed E-state index contributed by atoms with van der Waals surface area (Å²) in [7, 11) is 0. The molecule has 0 aliphatic heterocycles. The Morgan fingerprint density at radius 1 is 1.50 bits per heavy atom. The van der Waals surface area contributed by atoms with Crippen molar-refractivity contribution < 1.29 is 9.59 Å². The van der Waals surface area contributed by atoms with Crippen molar-refractivity contribution in [3.8, 4) is 0 Å². The second-order valence-electron chi connectivity index (χ2n) is 3.81. The molecule has 4 heteroatoms. The smallest absolute Gasteiger partial charge is 0.237 e. The van der Waals surface area contributed by atoms with Crippen LogP contribution in [0.15, 0.2) is 0 Å². The van der Waals surface area contributed by atoms with E-state index in [9.17, 15) is 9.59 Å². The minimum atomic E-state index is -0.533. The van der Waals surface area contributed by atoms with Gasteiger partial charge < -0.3 is 15.8 Å². The molecule has 0 saturated heterocycles. The van der Waals surface area contributed by atoms with Crippen LogP contribution in [0.1, 0.15) is 33.6 Å². The standard InChI is InChI=1S/C10H20N2O2/c1-4-5-8(6-13)12-10(14)9(11)7(2)3/h6-9H,4-5,11H2,1-3H3,(H,12,14)/t8-,9-/m0/s1. The highest BCUT2D eigenvalue weighted by atomic mass is 16.2. The van der Waals surface area contributed by atoms with Gasteiger partial charge in [-0.15, -0.1) is 0 Å². The van der Waals surface area contributed by atoms with Crippen LogP contribution >= 0.6 is 0 Å². The van der Waals surface area contributed by atoms with Crippen LogP contribution in [0.5, 0.6) is 0 Å². The Kier molecular flexibility index (Phi) is 6.12. The number of aldehydes is 1. The summed E-state index contributed by atoms with van der Waals surface area (Å²) in [6.45, 7) is 5.71. The van der Waals surface area contributed by atoms with Crippen molar-refractivity contribution in [3.05, 3.63) is 0 Å². The molecule has 0 saturated carbocycles. The van der Waals surface area contributed by atoms with Gasteiger partial charge in [0, 0.05) is 0 Å². The summed E-state index contributed by atoms with van der Waals surface area (Å²) in [5, 5.41) is 2.62. The number of rotatable bonds is 6. The number of carbonyl (C=O) groups excluding carboxylic acids is 2. The van der Waals surface area contributed by atoms with Crippen molar-refractivity contribution in [1.29, 1.82) is 0 Å². The summed E-state index contributed by atoms with van der Waals surface area (Å²) in [5.41, 5.74) is 5.63. The van der Waals surface area contributed by atoms with Crippen LogP contribution in [0, 0.1) is 5.92 Å². The fourth-order valence-electron chi connectivity index (χ4n) is 1.07. The predicted molar refractivity (Wildman–Crippen MR) is 55.7 cm³/mol.